The third kappa shape index (κ3) is 2.10. The summed E-state index contributed by atoms with van der Waals surface area (Å²) < 4.78 is 31.0. The van der Waals surface area contributed by atoms with Gasteiger partial charge in [0.25, 0.3) is 0 Å². The van der Waals surface area contributed by atoms with Crippen molar-refractivity contribution in [2.24, 2.45) is 0 Å². The van der Waals surface area contributed by atoms with E-state index in [1.807, 2.05) is 0 Å². The lowest BCUT2D eigenvalue weighted by molar-refractivity contribution is 0.415. The van der Waals surface area contributed by atoms with Crippen LogP contribution in [0.15, 0.2) is 36.7 Å². The lowest BCUT2D eigenvalue weighted by Gasteiger charge is -2.05. The lowest BCUT2D eigenvalue weighted by atomic mass is 10.3. The Hall–Kier alpha value is -1.97. The first-order chi connectivity index (χ1) is 7.27. The van der Waals surface area contributed by atoms with Gasteiger partial charge in [0.05, 0.1) is 0 Å². The fraction of sp³-hybridized carbons (Fsp3) is 0. The Bertz CT molecular complexity index is 459. The van der Waals surface area contributed by atoms with Gasteiger partial charge in [0.15, 0.2) is 11.6 Å². The summed E-state index contributed by atoms with van der Waals surface area (Å²) >= 11 is 0. The highest BCUT2D eigenvalue weighted by atomic mass is 19.2. The quantitative estimate of drug-likeness (QED) is 0.753. The average Bonchev–Trinajstić information content (AvgIpc) is 2.26. The van der Waals surface area contributed by atoms with E-state index in [0.717, 1.165) is 6.07 Å². The van der Waals surface area contributed by atoms with Crippen LogP contribution in [0.5, 0.6) is 11.5 Å². The Morgan fingerprint density at radius 3 is 2.80 bits per heavy atom. The second kappa shape index (κ2) is 4.04. The molecule has 0 N–H and O–H groups in total. The van der Waals surface area contributed by atoms with Crippen LogP contribution in [-0.2, 0) is 0 Å². The largest absolute Gasteiger partial charge is 0.453 e. The maximum absolute atomic E-state index is 13.2. The Morgan fingerprint density at radius 2 is 2.07 bits per heavy atom. The van der Waals surface area contributed by atoms with E-state index in [0.29, 0.717) is 0 Å². The predicted molar refractivity (Wildman–Crippen MR) is 49.5 cm³/mol. The molecule has 2 aromatic rings. The third-order valence-corrected chi connectivity index (χ3v) is 1.73. The normalized spacial score (nSPS) is 10.0. The summed E-state index contributed by atoms with van der Waals surface area (Å²) in [6, 6.07) is 7.88. The van der Waals surface area contributed by atoms with Crippen molar-refractivity contribution in [1.29, 1.82) is 0 Å². The van der Waals surface area contributed by atoms with Crippen LogP contribution in [0.25, 0.3) is 0 Å². The molecule has 1 heterocycles. The average molecular weight is 206 g/mol. The molecule has 0 unspecified atom stereocenters. The molecule has 1 radical (unpaired) electrons. The molecule has 1 aromatic carbocycles. The van der Waals surface area contributed by atoms with Gasteiger partial charge in [-0.2, -0.15) is 4.39 Å². The van der Waals surface area contributed by atoms with Gasteiger partial charge in [0, 0.05) is 18.5 Å². The molecule has 4 heteroatoms. The second-order valence-electron chi connectivity index (χ2n) is 2.76. The van der Waals surface area contributed by atoms with E-state index in [1.165, 1.54) is 30.6 Å². The molecule has 75 valence electrons. The highest BCUT2D eigenvalue weighted by molar-refractivity contribution is 5.30. The minimum Gasteiger partial charge on any atom is -0.453 e. The summed E-state index contributed by atoms with van der Waals surface area (Å²) in [6.07, 6.45) is 2.86. The van der Waals surface area contributed by atoms with Gasteiger partial charge in [0.2, 0.25) is 5.82 Å². The van der Waals surface area contributed by atoms with Crippen LogP contribution in [-0.4, -0.2) is 4.98 Å². The number of nitrogens with zero attached hydrogens (tertiary/aromatic N) is 1. The number of benzene rings is 1. The predicted octanol–water partition coefficient (Wildman–Crippen LogP) is 2.95. The minimum atomic E-state index is -1.01. The van der Waals surface area contributed by atoms with E-state index >= 15 is 0 Å². The molecule has 15 heavy (non-hydrogen) atoms. The molecule has 0 spiro atoms. The van der Waals surface area contributed by atoms with Crippen LogP contribution in [0.1, 0.15) is 0 Å². The number of rotatable bonds is 2. The maximum atomic E-state index is 13.2. The SMILES string of the molecule is Fc1cccc(Oc2[c]cncc2)c1F. The van der Waals surface area contributed by atoms with Crippen molar-refractivity contribution in [3.63, 3.8) is 0 Å². The number of hydrogen-bond donors (Lipinski definition) is 0. The van der Waals surface area contributed by atoms with Crippen molar-refractivity contribution in [2.75, 3.05) is 0 Å². The molecule has 0 atom stereocenters. The van der Waals surface area contributed by atoms with Gasteiger partial charge in [-0.1, -0.05) is 6.07 Å². The third-order valence-electron chi connectivity index (χ3n) is 1.73. The van der Waals surface area contributed by atoms with E-state index in [1.54, 1.807) is 0 Å². The summed E-state index contributed by atoms with van der Waals surface area (Å²) in [6.45, 7) is 0. The summed E-state index contributed by atoms with van der Waals surface area (Å²) in [7, 11) is 0. The zero-order chi connectivity index (χ0) is 10.7. The fourth-order valence-electron chi connectivity index (χ4n) is 1.05. The van der Waals surface area contributed by atoms with Gasteiger partial charge in [-0.05, 0) is 18.2 Å². The van der Waals surface area contributed by atoms with Gasteiger partial charge >= 0.3 is 0 Å². The molecule has 0 saturated heterocycles. The van der Waals surface area contributed by atoms with Crippen molar-refractivity contribution < 1.29 is 13.5 Å². The first kappa shape index (κ1) is 9.58. The van der Waals surface area contributed by atoms with Crippen LogP contribution >= 0.6 is 0 Å². The van der Waals surface area contributed by atoms with Gasteiger partial charge < -0.3 is 4.74 Å². The number of halogens is 2. The molecule has 0 amide bonds. The Morgan fingerprint density at radius 1 is 1.20 bits per heavy atom. The highest BCUT2D eigenvalue weighted by Gasteiger charge is 2.09. The summed E-state index contributed by atoms with van der Waals surface area (Å²) in [4.78, 5) is 3.72. The smallest absolute Gasteiger partial charge is 0.201 e. The van der Waals surface area contributed by atoms with Crippen molar-refractivity contribution >= 4 is 0 Å². The van der Waals surface area contributed by atoms with Crippen LogP contribution in [0.2, 0.25) is 0 Å². The van der Waals surface area contributed by atoms with Crippen LogP contribution in [0, 0.1) is 17.7 Å². The van der Waals surface area contributed by atoms with E-state index in [9.17, 15) is 8.78 Å². The van der Waals surface area contributed by atoms with Gasteiger partial charge in [-0.3, -0.25) is 4.98 Å². The number of ether oxygens (including phenoxy) is 1. The highest BCUT2D eigenvalue weighted by Crippen LogP contribution is 2.24. The summed E-state index contributed by atoms with van der Waals surface area (Å²) in [5.41, 5.74) is 0. The van der Waals surface area contributed by atoms with E-state index < -0.39 is 11.6 Å². The second-order valence-corrected chi connectivity index (χ2v) is 2.76. The standard InChI is InChI=1S/C11H6F2NO/c12-9-2-1-3-10(11(9)13)15-8-4-6-14-7-5-8/h1-4,6-7H. The van der Waals surface area contributed by atoms with Crippen LogP contribution < -0.4 is 4.74 Å². The lowest BCUT2D eigenvalue weighted by Crippen LogP contribution is -1.91. The van der Waals surface area contributed by atoms with Crippen molar-refractivity contribution in [3.05, 3.63) is 54.4 Å². The summed E-state index contributed by atoms with van der Waals surface area (Å²) in [5, 5.41) is 0. The maximum Gasteiger partial charge on any atom is 0.201 e. The van der Waals surface area contributed by atoms with Crippen LogP contribution in [0.4, 0.5) is 8.78 Å². The zero-order valence-corrected chi connectivity index (χ0v) is 7.58. The molecule has 0 aliphatic heterocycles. The number of hydrogen-bond acceptors (Lipinski definition) is 2. The molecule has 1 aromatic heterocycles. The minimum absolute atomic E-state index is 0.169. The first-order valence-electron chi connectivity index (χ1n) is 4.21. The van der Waals surface area contributed by atoms with Gasteiger partial charge in [-0.25, -0.2) is 4.39 Å². The molecule has 0 aliphatic rings. The van der Waals surface area contributed by atoms with Crippen molar-refractivity contribution in [3.8, 4) is 11.5 Å². The first-order valence-corrected chi connectivity index (χ1v) is 4.21. The molecule has 0 aliphatic carbocycles. The van der Waals surface area contributed by atoms with Crippen molar-refractivity contribution in [2.45, 2.75) is 0 Å². The summed E-state index contributed by atoms with van der Waals surface area (Å²) in [5.74, 6) is -1.84. The molecule has 0 saturated carbocycles. The van der Waals surface area contributed by atoms with Crippen LogP contribution in [0.3, 0.4) is 0 Å². The van der Waals surface area contributed by atoms with Gasteiger partial charge in [0.1, 0.15) is 5.75 Å². The number of aromatic nitrogens is 1. The molecule has 2 nitrogen and oxygen atoms in total. The molecular weight excluding hydrogens is 200 g/mol. The molecular formula is C11H6F2NO. The number of pyridine rings is 1. The molecule has 0 fully saturated rings. The van der Waals surface area contributed by atoms with E-state index in [-0.39, 0.29) is 11.5 Å². The van der Waals surface area contributed by atoms with E-state index in [2.05, 4.69) is 11.1 Å². The Kier molecular flexibility index (Phi) is 2.58. The fourth-order valence-corrected chi connectivity index (χ4v) is 1.05. The zero-order valence-electron chi connectivity index (χ0n) is 7.58. The monoisotopic (exact) mass is 206 g/mol. The van der Waals surface area contributed by atoms with E-state index in [4.69, 9.17) is 4.74 Å². The topological polar surface area (TPSA) is 22.1 Å². The molecule has 0 bridgehead atoms. The van der Waals surface area contributed by atoms with Gasteiger partial charge in [-0.15, -0.1) is 0 Å². The van der Waals surface area contributed by atoms with Crippen molar-refractivity contribution in [1.82, 2.24) is 4.98 Å². The Labute approximate surface area is 85.2 Å². The Balaban J connectivity index is 2.29. The molecule has 2 rings (SSSR count).